The van der Waals surface area contributed by atoms with Gasteiger partial charge in [0.05, 0.1) is 32.4 Å². The third-order valence-electron chi connectivity index (χ3n) is 5.43. The van der Waals surface area contributed by atoms with Crippen LogP contribution in [0.15, 0.2) is 64.7 Å². The summed E-state index contributed by atoms with van der Waals surface area (Å²) >= 11 is 0. The molecule has 2 aliphatic heterocycles. The fourth-order valence-electron chi connectivity index (χ4n) is 3.70. The maximum atomic E-state index is 15.0. The number of primary amides is 1. The van der Waals surface area contributed by atoms with E-state index >= 15 is 4.39 Å². The van der Waals surface area contributed by atoms with Gasteiger partial charge in [0.15, 0.2) is 0 Å². The molecule has 2 N–H and O–H groups in total. The number of nitrogens with zero attached hydrogens (tertiary/aromatic N) is 8. The van der Waals surface area contributed by atoms with E-state index in [-0.39, 0.29) is 13.1 Å². The topological polar surface area (TPSA) is 132 Å². The van der Waals surface area contributed by atoms with Crippen molar-refractivity contribution in [2.45, 2.75) is 6.10 Å². The minimum atomic E-state index is -0.623. The average Bonchev–Trinajstić information content (AvgIpc) is 3.23. The minimum absolute atomic E-state index is 0.238. The van der Waals surface area contributed by atoms with Gasteiger partial charge in [-0.1, -0.05) is 11.8 Å². The lowest BCUT2D eigenvalue weighted by Crippen LogP contribution is -2.43. The van der Waals surface area contributed by atoms with Crippen molar-refractivity contribution in [3.8, 4) is 11.1 Å². The van der Waals surface area contributed by atoms with E-state index in [0.717, 1.165) is 5.01 Å². The van der Waals surface area contributed by atoms with E-state index in [1.165, 1.54) is 35.6 Å². The number of rotatable bonds is 7. The molecule has 0 radical (unpaired) electrons. The van der Waals surface area contributed by atoms with Crippen molar-refractivity contribution in [2.24, 2.45) is 21.2 Å². The maximum Gasteiger partial charge on any atom is 0.414 e. The van der Waals surface area contributed by atoms with Crippen LogP contribution in [0.2, 0.25) is 0 Å². The molecule has 35 heavy (non-hydrogen) atoms. The van der Waals surface area contributed by atoms with Crippen molar-refractivity contribution in [3.05, 3.63) is 55.1 Å². The summed E-state index contributed by atoms with van der Waals surface area (Å²) in [6.07, 6.45) is 3.45. The number of hydrazone groups is 1. The molecule has 3 amide bonds. The van der Waals surface area contributed by atoms with Crippen molar-refractivity contribution in [1.82, 2.24) is 15.0 Å². The number of hydrogen-bond acceptors (Lipinski definition) is 8. The Balaban J connectivity index is 1.45. The number of hydrogen-bond donors (Lipinski definition) is 1. The Morgan fingerprint density at radius 2 is 2.20 bits per heavy atom. The molecule has 182 valence electrons. The van der Waals surface area contributed by atoms with E-state index in [1.54, 1.807) is 35.4 Å². The van der Waals surface area contributed by atoms with Crippen LogP contribution in [0.4, 0.5) is 25.5 Å². The van der Waals surface area contributed by atoms with Gasteiger partial charge in [0, 0.05) is 30.1 Å². The van der Waals surface area contributed by atoms with Gasteiger partial charge < -0.3 is 15.4 Å². The van der Waals surface area contributed by atoms with Crippen LogP contribution in [0, 0.1) is 5.82 Å². The Bertz CT molecular complexity index is 1170. The van der Waals surface area contributed by atoms with Crippen LogP contribution < -0.4 is 15.5 Å². The molecule has 1 unspecified atom stereocenters. The van der Waals surface area contributed by atoms with Gasteiger partial charge in [-0.15, -0.1) is 0 Å². The van der Waals surface area contributed by atoms with E-state index in [1.807, 2.05) is 0 Å². The zero-order valence-electron chi connectivity index (χ0n) is 19.0. The van der Waals surface area contributed by atoms with Gasteiger partial charge in [0.1, 0.15) is 24.1 Å². The number of cyclic esters (lactones) is 1. The van der Waals surface area contributed by atoms with Crippen LogP contribution >= 0.6 is 0 Å². The molecule has 2 aromatic rings. The zero-order chi connectivity index (χ0) is 24.9. The number of amides is 3. The largest absolute Gasteiger partial charge is 0.442 e. The molecule has 0 bridgehead atoms. The first-order chi connectivity index (χ1) is 16.9. The van der Waals surface area contributed by atoms with Crippen molar-refractivity contribution in [3.63, 3.8) is 0 Å². The number of ether oxygens (including phenoxy) is 1. The molecule has 0 aliphatic carbocycles. The van der Waals surface area contributed by atoms with Gasteiger partial charge in [-0.3, -0.25) is 9.91 Å². The van der Waals surface area contributed by atoms with Crippen molar-refractivity contribution < 1.29 is 18.7 Å². The fraction of sp³-hybridized carbons (Fsp3) is 0.273. The number of carbonyl (C=O) groups excluding carboxylic acids is 2. The summed E-state index contributed by atoms with van der Waals surface area (Å²) in [5.41, 5.74) is 6.50. The molecule has 4 rings (SSSR count). The number of nitrogens with two attached hydrogens (primary N) is 1. The first kappa shape index (κ1) is 23.6. The number of benzene rings is 1. The Hall–Kier alpha value is -4.55. The summed E-state index contributed by atoms with van der Waals surface area (Å²) in [5, 5.41) is 14.1. The molecule has 12 nitrogen and oxygen atoms in total. The van der Waals surface area contributed by atoms with Crippen LogP contribution in [0.3, 0.4) is 0 Å². The Morgan fingerprint density at radius 3 is 2.80 bits per heavy atom. The molecule has 1 atom stereocenters. The SMILES string of the molecule is C=CN(CC1CN(c2ccc(-c3ccc(N4C=NN(C(N)=O)CC4)nc3)c(F)c2)C(=O)O1)N=NC. The standard InChI is InChI=1S/C22H24FN9O3/c1-3-30(28-25-2)12-17-13-31(22(34)35-17)16-5-6-18(19(23)10-16)15-4-7-20(26-11-15)29-8-9-32(21(24)33)27-14-29/h3-7,10-11,14,17H,1,8-9,12-13H2,2H3,(H2,24,33). The highest BCUT2D eigenvalue weighted by Gasteiger charge is 2.33. The molecule has 0 saturated carbocycles. The minimum Gasteiger partial charge on any atom is -0.442 e. The lowest BCUT2D eigenvalue weighted by Gasteiger charge is -2.26. The van der Waals surface area contributed by atoms with Crippen molar-refractivity contribution in [2.75, 3.05) is 43.0 Å². The quantitative estimate of drug-likeness (QED) is 0.478. The summed E-state index contributed by atoms with van der Waals surface area (Å²) in [4.78, 5) is 31.0. The predicted octanol–water partition coefficient (Wildman–Crippen LogP) is 2.80. The molecule has 13 heteroatoms. The second-order valence-corrected chi connectivity index (χ2v) is 7.67. The summed E-state index contributed by atoms with van der Waals surface area (Å²) < 4.78 is 20.4. The van der Waals surface area contributed by atoms with Crippen molar-refractivity contribution >= 4 is 30.0 Å². The van der Waals surface area contributed by atoms with Gasteiger partial charge in [-0.25, -0.2) is 24.0 Å². The molecule has 1 fully saturated rings. The highest BCUT2D eigenvalue weighted by molar-refractivity contribution is 5.90. The van der Waals surface area contributed by atoms with Gasteiger partial charge >= 0.3 is 12.1 Å². The molecular weight excluding hydrogens is 457 g/mol. The van der Waals surface area contributed by atoms with Crippen LogP contribution in [-0.4, -0.2) is 72.8 Å². The second-order valence-electron chi connectivity index (χ2n) is 7.67. The molecule has 1 aromatic carbocycles. The number of pyridine rings is 1. The molecule has 2 aliphatic rings. The Labute approximate surface area is 200 Å². The van der Waals surface area contributed by atoms with Gasteiger partial charge in [-0.2, -0.15) is 10.2 Å². The second kappa shape index (κ2) is 10.2. The van der Waals surface area contributed by atoms with E-state index in [4.69, 9.17) is 10.5 Å². The summed E-state index contributed by atoms with van der Waals surface area (Å²) in [6.45, 7) is 4.97. The van der Waals surface area contributed by atoms with E-state index in [9.17, 15) is 9.59 Å². The highest BCUT2D eigenvalue weighted by atomic mass is 19.1. The predicted molar refractivity (Wildman–Crippen MR) is 127 cm³/mol. The third-order valence-corrected chi connectivity index (χ3v) is 5.43. The summed E-state index contributed by atoms with van der Waals surface area (Å²) in [6, 6.07) is 7.39. The normalized spacial score (nSPS) is 17.7. The van der Waals surface area contributed by atoms with Crippen LogP contribution in [0.1, 0.15) is 0 Å². The van der Waals surface area contributed by atoms with Crippen LogP contribution in [0.25, 0.3) is 11.1 Å². The van der Waals surface area contributed by atoms with E-state index in [0.29, 0.717) is 35.7 Å². The van der Waals surface area contributed by atoms with Crippen LogP contribution in [0.5, 0.6) is 0 Å². The Kier molecular flexibility index (Phi) is 6.85. The van der Waals surface area contributed by atoms with Gasteiger partial charge in [-0.05, 0) is 30.3 Å². The number of halogens is 1. The molecular formula is C22H24FN9O3. The number of carbonyl (C=O) groups is 2. The monoisotopic (exact) mass is 481 g/mol. The van der Waals surface area contributed by atoms with Crippen LogP contribution in [-0.2, 0) is 4.74 Å². The lowest BCUT2D eigenvalue weighted by atomic mass is 10.1. The highest BCUT2D eigenvalue weighted by Crippen LogP contribution is 2.29. The summed E-state index contributed by atoms with van der Waals surface area (Å²) in [7, 11) is 1.53. The van der Waals surface area contributed by atoms with Gasteiger partial charge in [0.25, 0.3) is 0 Å². The molecule has 1 saturated heterocycles. The number of urea groups is 1. The van der Waals surface area contributed by atoms with E-state index in [2.05, 4.69) is 27.0 Å². The van der Waals surface area contributed by atoms with E-state index < -0.39 is 24.0 Å². The lowest BCUT2D eigenvalue weighted by molar-refractivity contribution is 0.121. The third kappa shape index (κ3) is 5.18. The zero-order valence-corrected chi connectivity index (χ0v) is 19.0. The van der Waals surface area contributed by atoms with Crippen molar-refractivity contribution in [1.29, 1.82) is 0 Å². The summed E-state index contributed by atoms with van der Waals surface area (Å²) in [5.74, 6) is 0.0955. The average molecular weight is 481 g/mol. The first-order valence-electron chi connectivity index (χ1n) is 10.7. The fourth-order valence-corrected chi connectivity index (χ4v) is 3.70. The Morgan fingerprint density at radius 1 is 1.37 bits per heavy atom. The number of anilines is 2. The molecule has 3 heterocycles. The first-order valence-corrected chi connectivity index (χ1v) is 10.7. The van der Waals surface area contributed by atoms with Gasteiger partial charge in [0.2, 0.25) is 0 Å². The number of aromatic nitrogens is 1. The molecule has 1 aromatic heterocycles. The maximum absolute atomic E-state index is 15.0. The smallest absolute Gasteiger partial charge is 0.414 e. The molecule has 0 spiro atoms.